The van der Waals surface area contributed by atoms with Crippen molar-refractivity contribution in [1.29, 1.82) is 0 Å². The van der Waals surface area contributed by atoms with Gasteiger partial charge in [-0.05, 0) is 25.2 Å². The Morgan fingerprint density at radius 2 is 2.22 bits per heavy atom. The van der Waals surface area contributed by atoms with Gasteiger partial charge in [-0.1, -0.05) is 26.2 Å². The number of hydrogen-bond acceptors (Lipinski definition) is 3. The van der Waals surface area contributed by atoms with Crippen LogP contribution in [-0.2, 0) is 6.42 Å². The van der Waals surface area contributed by atoms with E-state index in [2.05, 4.69) is 16.3 Å². The Labute approximate surface area is 111 Å². The molecule has 1 aliphatic carbocycles. The smallest absolute Gasteiger partial charge is 0.120 e. The fourth-order valence-corrected chi connectivity index (χ4v) is 4.16. The van der Waals surface area contributed by atoms with Crippen LogP contribution in [0.15, 0.2) is 12.5 Å². The molecule has 3 nitrogen and oxygen atoms in total. The highest BCUT2D eigenvalue weighted by Crippen LogP contribution is 2.38. The quantitative estimate of drug-likeness (QED) is 0.920. The van der Waals surface area contributed by atoms with E-state index in [0.717, 1.165) is 29.8 Å². The third-order valence-corrected chi connectivity index (χ3v) is 5.33. The molecular weight excluding hydrogens is 244 g/mol. The molecule has 0 amide bonds. The summed E-state index contributed by atoms with van der Waals surface area (Å²) in [6, 6.07) is 0. The predicted octanol–water partition coefficient (Wildman–Crippen LogP) is 3.57. The molecule has 0 aromatic carbocycles. The summed E-state index contributed by atoms with van der Waals surface area (Å²) >= 11 is 1.76. The van der Waals surface area contributed by atoms with E-state index in [1.165, 1.54) is 24.1 Å². The number of aliphatic hydroxyl groups is 1. The fraction of sp³-hybridized carbons (Fsp3) is 0.643. The lowest BCUT2D eigenvalue weighted by molar-refractivity contribution is 0.0799. The van der Waals surface area contributed by atoms with Crippen molar-refractivity contribution in [2.24, 2.45) is 5.92 Å². The number of aliphatic hydroxyl groups excluding tert-OH is 1. The first-order chi connectivity index (χ1) is 8.81. The maximum atomic E-state index is 10.7. The van der Waals surface area contributed by atoms with Crippen molar-refractivity contribution in [3.63, 3.8) is 0 Å². The SMILES string of the molecule is CCc1sc2cncn2c1C(O)C1CCCCC1. The summed E-state index contributed by atoms with van der Waals surface area (Å²) in [5.41, 5.74) is 1.10. The van der Waals surface area contributed by atoms with Crippen LogP contribution < -0.4 is 0 Å². The van der Waals surface area contributed by atoms with Gasteiger partial charge < -0.3 is 5.11 Å². The molecule has 2 aromatic rings. The molecule has 1 saturated carbocycles. The molecule has 0 aliphatic heterocycles. The second-order valence-corrected chi connectivity index (χ2v) is 6.32. The second-order valence-electron chi connectivity index (χ2n) is 5.21. The van der Waals surface area contributed by atoms with Crippen molar-refractivity contribution in [3.05, 3.63) is 23.1 Å². The molecule has 2 heterocycles. The van der Waals surface area contributed by atoms with Crippen molar-refractivity contribution in [2.75, 3.05) is 0 Å². The zero-order valence-electron chi connectivity index (χ0n) is 10.8. The Balaban J connectivity index is 1.97. The number of thiazole rings is 1. The number of aromatic nitrogens is 2. The summed E-state index contributed by atoms with van der Waals surface area (Å²) in [6.45, 7) is 2.16. The molecule has 1 fully saturated rings. The molecule has 0 bridgehead atoms. The van der Waals surface area contributed by atoms with Crippen LogP contribution in [0.2, 0.25) is 0 Å². The van der Waals surface area contributed by atoms with Crippen LogP contribution in [0.5, 0.6) is 0 Å². The van der Waals surface area contributed by atoms with Crippen LogP contribution in [0.4, 0.5) is 0 Å². The van der Waals surface area contributed by atoms with Gasteiger partial charge in [0.2, 0.25) is 0 Å². The number of imidazole rings is 1. The van der Waals surface area contributed by atoms with E-state index in [0.29, 0.717) is 5.92 Å². The van der Waals surface area contributed by atoms with Crippen molar-refractivity contribution in [2.45, 2.75) is 51.6 Å². The van der Waals surface area contributed by atoms with Gasteiger partial charge in [0, 0.05) is 4.88 Å². The first kappa shape index (κ1) is 12.2. The molecule has 1 aliphatic rings. The minimum absolute atomic E-state index is 0.316. The van der Waals surface area contributed by atoms with E-state index in [1.54, 1.807) is 11.3 Å². The molecule has 98 valence electrons. The number of rotatable bonds is 3. The maximum absolute atomic E-state index is 10.7. The first-order valence-electron chi connectivity index (χ1n) is 6.93. The summed E-state index contributed by atoms with van der Waals surface area (Å²) in [6.07, 6.45) is 10.6. The zero-order valence-corrected chi connectivity index (χ0v) is 11.6. The normalized spacial score (nSPS) is 19.4. The van der Waals surface area contributed by atoms with Gasteiger partial charge in [-0.25, -0.2) is 4.98 Å². The Bertz CT molecular complexity index is 525. The Morgan fingerprint density at radius 3 is 2.94 bits per heavy atom. The average Bonchev–Trinajstić information content (AvgIpc) is 2.98. The molecule has 1 atom stereocenters. The third-order valence-electron chi connectivity index (χ3n) is 4.08. The second kappa shape index (κ2) is 5.02. The first-order valence-corrected chi connectivity index (χ1v) is 7.74. The van der Waals surface area contributed by atoms with E-state index < -0.39 is 0 Å². The van der Waals surface area contributed by atoms with Crippen molar-refractivity contribution in [1.82, 2.24) is 9.38 Å². The van der Waals surface area contributed by atoms with Crippen LogP contribution in [0.25, 0.3) is 4.83 Å². The van der Waals surface area contributed by atoms with Crippen LogP contribution in [0.1, 0.15) is 55.7 Å². The topological polar surface area (TPSA) is 37.5 Å². The van der Waals surface area contributed by atoms with Gasteiger partial charge in [0.25, 0.3) is 0 Å². The van der Waals surface area contributed by atoms with Crippen LogP contribution in [-0.4, -0.2) is 14.5 Å². The van der Waals surface area contributed by atoms with Crippen molar-refractivity contribution >= 4 is 16.2 Å². The van der Waals surface area contributed by atoms with E-state index in [1.807, 2.05) is 12.5 Å². The molecule has 3 rings (SSSR count). The van der Waals surface area contributed by atoms with Crippen LogP contribution in [0.3, 0.4) is 0 Å². The monoisotopic (exact) mass is 264 g/mol. The fourth-order valence-electron chi connectivity index (χ4n) is 3.09. The minimum atomic E-state index is -0.316. The Morgan fingerprint density at radius 1 is 1.44 bits per heavy atom. The minimum Gasteiger partial charge on any atom is -0.387 e. The molecule has 1 N–H and O–H groups in total. The van der Waals surface area contributed by atoms with Crippen LogP contribution >= 0.6 is 11.3 Å². The summed E-state index contributed by atoms with van der Waals surface area (Å²) in [5, 5.41) is 10.7. The number of hydrogen-bond donors (Lipinski definition) is 1. The largest absolute Gasteiger partial charge is 0.387 e. The lowest BCUT2D eigenvalue weighted by atomic mass is 9.84. The highest BCUT2D eigenvalue weighted by atomic mass is 32.1. The summed E-state index contributed by atoms with van der Waals surface area (Å²) in [7, 11) is 0. The highest BCUT2D eigenvalue weighted by molar-refractivity contribution is 7.17. The molecule has 0 radical (unpaired) electrons. The third kappa shape index (κ3) is 1.97. The van der Waals surface area contributed by atoms with Gasteiger partial charge in [0.15, 0.2) is 0 Å². The van der Waals surface area contributed by atoms with Gasteiger partial charge in [-0.3, -0.25) is 4.40 Å². The average molecular weight is 264 g/mol. The standard InChI is InChI=1S/C14H20N2OS/c1-2-11-13(16-9-15-8-12(16)18-11)14(17)10-6-4-3-5-7-10/h8-10,14,17H,2-7H2,1H3. The molecule has 1 unspecified atom stereocenters. The number of nitrogens with zero attached hydrogens (tertiary/aromatic N) is 2. The number of aryl methyl sites for hydroxylation is 1. The summed E-state index contributed by atoms with van der Waals surface area (Å²) in [4.78, 5) is 6.65. The molecule has 2 aromatic heterocycles. The Kier molecular flexibility index (Phi) is 3.39. The highest BCUT2D eigenvalue weighted by Gasteiger charge is 2.27. The predicted molar refractivity (Wildman–Crippen MR) is 74.0 cm³/mol. The molecule has 18 heavy (non-hydrogen) atoms. The maximum Gasteiger partial charge on any atom is 0.120 e. The van der Waals surface area contributed by atoms with Crippen LogP contribution in [0, 0.1) is 5.92 Å². The molecule has 0 saturated heterocycles. The zero-order chi connectivity index (χ0) is 12.5. The van der Waals surface area contributed by atoms with Gasteiger partial charge in [-0.2, -0.15) is 0 Å². The van der Waals surface area contributed by atoms with E-state index in [4.69, 9.17) is 0 Å². The van der Waals surface area contributed by atoms with Crippen molar-refractivity contribution in [3.8, 4) is 0 Å². The lowest BCUT2D eigenvalue weighted by Gasteiger charge is -2.27. The molecule has 0 spiro atoms. The lowest BCUT2D eigenvalue weighted by Crippen LogP contribution is -2.18. The van der Waals surface area contributed by atoms with E-state index in [-0.39, 0.29) is 6.10 Å². The van der Waals surface area contributed by atoms with Gasteiger partial charge >= 0.3 is 0 Å². The van der Waals surface area contributed by atoms with Gasteiger partial charge in [0.1, 0.15) is 11.2 Å². The van der Waals surface area contributed by atoms with Crippen molar-refractivity contribution < 1.29 is 5.11 Å². The number of fused-ring (bicyclic) bond motifs is 1. The Hall–Kier alpha value is -0.870. The summed E-state index contributed by atoms with van der Waals surface area (Å²) in [5.74, 6) is 0.434. The molecular formula is C14H20N2OS. The molecule has 4 heteroatoms. The van der Waals surface area contributed by atoms with E-state index in [9.17, 15) is 5.11 Å². The summed E-state index contributed by atoms with van der Waals surface area (Å²) < 4.78 is 2.09. The van der Waals surface area contributed by atoms with E-state index >= 15 is 0 Å². The van der Waals surface area contributed by atoms with Gasteiger partial charge in [0.05, 0.1) is 18.0 Å². The van der Waals surface area contributed by atoms with Gasteiger partial charge in [-0.15, -0.1) is 11.3 Å².